The lowest BCUT2D eigenvalue weighted by molar-refractivity contribution is 0.353. The number of hydrogen-bond acceptors (Lipinski definition) is 5. The van der Waals surface area contributed by atoms with Gasteiger partial charge < -0.3 is 20.1 Å². The van der Waals surface area contributed by atoms with E-state index in [0.29, 0.717) is 23.7 Å². The minimum atomic E-state index is -0.217. The number of allylic oxidation sites excluding steroid dienone is 2. The average Bonchev–Trinajstić information content (AvgIpc) is 2.72. The third kappa shape index (κ3) is 2.83. The molecule has 5 nitrogen and oxygen atoms in total. The Morgan fingerprint density at radius 2 is 1.89 bits per heavy atom. The Labute approximate surface area is 172 Å². The van der Waals surface area contributed by atoms with Crippen molar-refractivity contribution in [3.8, 4) is 17.6 Å². The van der Waals surface area contributed by atoms with Crippen LogP contribution in [0.5, 0.6) is 11.5 Å². The first-order valence-electron chi connectivity index (χ1n) is 8.97. The fourth-order valence-electron chi connectivity index (χ4n) is 3.94. The van der Waals surface area contributed by atoms with Crippen LogP contribution in [0.1, 0.15) is 22.6 Å². The summed E-state index contributed by atoms with van der Waals surface area (Å²) >= 11 is 3.62. The highest BCUT2D eigenvalue weighted by atomic mass is 79.9. The zero-order valence-corrected chi connectivity index (χ0v) is 17.3. The molecule has 2 heterocycles. The summed E-state index contributed by atoms with van der Waals surface area (Å²) in [7, 11) is 3.27. The third-order valence-electron chi connectivity index (χ3n) is 5.34. The van der Waals surface area contributed by atoms with Crippen molar-refractivity contribution in [3.63, 3.8) is 0 Å². The van der Waals surface area contributed by atoms with Crippen molar-refractivity contribution in [2.75, 3.05) is 20.8 Å². The summed E-state index contributed by atoms with van der Waals surface area (Å²) in [5, 5.41) is 9.82. The first kappa shape index (κ1) is 18.5. The molecule has 2 aliphatic heterocycles. The largest absolute Gasteiger partial charge is 0.493 e. The average molecular weight is 438 g/mol. The molecule has 2 aromatic rings. The van der Waals surface area contributed by atoms with Gasteiger partial charge in [0.25, 0.3) is 0 Å². The molecule has 0 aliphatic carbocycles. The summed E-state index contributed by atoms with van der Waals surface area (Å²) in [6.45, 7) is 0.716. The predicted molar refractivity (Wildman–Crippen MR) is 112 cm³/mol. The van der Waals surface area contributed by atoms with E-state index in [1.54, 1.807) is 14.2 Å². The van der Waals surface area contributed by atoms with Crippen molar-refractivity contribution in [1.82, 2.24) is 4.90 Å². The van der Waals surface area contributed by atoms with Crippen molar-refractivity contribution in [2.45, 2.75) is 12.3 Å². The lowest BCUT2D eigenvalue weighted by atomic mass is 9.84. The minimum absolute atomic E-state index is 0.217. The summed E-state index contributed by atoms with van der Waals surface area (Å²) in [6.07, 6.45) is 2.94. The molecule has 0 aromatic heterocycles. The zero-order chi connectivity index (χ0) is 19.8. The van der Waals surface area contributed by atoms with Gasteiger partial charge in [-0.05, 0) is 41.8 Å². The van der Waals surface area contributed by atoms with Gasteiger partial charge in [0.2, 0.25) is 0 Å². The number of methoxy groups -OCH3 is 2. The highest BCUT2D eigenvalue weighted by molar-refractivity contribution is 9.10. The van der Waals surface area contributed by atoms with Gasteiger partial charge in [-0.15, -0.1) is 0 Å². The van der Waals surface area contributed by atoms with Crippen LogP contribution in [0.4, 0.5) is 0 Å². The third-order valence-corrected chi connectivity index (χ3v) is 6.07. The molecule has 0 fully saturated rings. The number of fused-ring (bicyclic) bond motifs is 3. The number of benzene rings is 2. The van der Waals surface area contributed by atoms with Crippen molar-refractivity contribution in [1.29, 1.82) is 5.26 Å². The Kier molecular flexibility index (Phi) is 4.78. The molecule has 28 heavy (non-hydrogen) atoms. The van der Waals surface area contributed by atoms with E-state index in [1.807, 2.05) is 41.3 Å². The van der Waals surface area contributed by atoms with E-state index in [1.165, 1.54) is 5.56 Å². The zero-order valence-electron chi connectivity index (χ0n) is 15.7. The normalized spacial score (nSPS) is 18.0. The second kappa shape index (κ2) is 7.25. The van der Waals surface area contributed by atoms with E-state index >= 15 is 0 Å². The molecule has 4 rings (SSSR count). The van der Waals surface area contributed by atoms with Crippen molar-refractivity contribution in [2.24, 2.45) is 5.73 Å². The molecule has 0 bridgehead atoms. The van der Waals surface area contributed by atoms with Crippen LogP contribution in [-0.2, 0) is 6.42 Å². The van der Waals surface area contributed by atoms with Crippen molar-refractivity contribution in [3.05, 3.63) is 75.0 Å². The SMILES string of the molecule is COc1cc2c(cc1OC)C1=C[C@H](c3ccccc3Br)C(C#N)=C(N)N1CC2. The molecule has 0 amide bonds. The van der Waals surface area contributed by atoms with Gasteiger partial charge in [-0.1, -0.05) is 34.1 Å². The molecule has 0 radical (unpaired) electrons. The highest BCUT2D eigenvalue weighted by Crippen LogP contribution is 2.45. The second-order valence-electron chi connectivity index (χ2n) is 6.73. The van der Waals surface area contributed by atoms with Gasteiger partial charge in [-0.25, -0.2) is 0 Å². The molecule has 2 N–H and O–H groups in total. The van der Waals surface area contributed by atoms with Gasteiger partial charge in [0.15, 0.2) is 11.5 Å². The summed E-state index contributed by atoms with van der Waals surface area (Å²) in [4.78, 5) is 2.03. The maximum Gasteiger partial charge on any atom is 0.161 e. The quantitative estimate of drug-likeness (QED) is 0.780. The fourth-order valence-corrected chi connectivity index (χ4v) is 4.47. The summed E-state index contributed by atoms with van der Waals surface area (Å²) in [5.41, 5.74) is 11.3. The standard InChI is InChI=1S/C22H20BrN3O2/c1-27-20-9-13-7-8-26-19(15(13)11-21(20)28-2)10-16(17(12-24)22(26)25)14-5-3-4-6-18(14)23/h3-6,9-11,16H,7-8,25H2,1-2H3/t16-/m1/s1. The van der Waals surface area contributed by atoms with E-state index in [2.05, 4.69) is 28.1 Å². The summed E-state index contributed by atoms with van der Waals surface area (Å²) < 4.78 is 11.9. The smallest absolute Gasteiger partial charge is 0.161 e. The second-order valence-corrected chi connectivity index (χ2v) is 7.58. The molecule has 0 spiro atoms. The lowest BCUT2D eigenvalue weighted by Gasteiger charge is -2.38. The van der Waals surface area contributed by atoms with E-state index < -0.39 is 0 Å². The first-order chi connectivity index (χ1) is 13.6. The van der Waals surface area contributed by atoms with Gasteiger partial charge in [0, 0.05) is 28.2 Å². The van der Waals surface area contributed by atoms with Crippen molar-refractivity contribution < 1.29 is 9.47 Å². The van der Waals surface area contributed by atoms with Gasteiger partial charge in [-0.2, -0.15) is 5.26 Å². The Bertz CT molecular complexity index is 1050. The summed E-state index contributed by atoms with van der Waals surface area (Å²) in [6, 6.07) is 14.3. The molecule has 6 heteroatoms. The van der Waals surface area contributed by atoms with Crippen LogP contribution in [0.2, 0.25) is 0 Å². The Morgan fingerprint density at radius 1 is 1.18 bits per heavy atom. The molecule has 0 saturated heterocycles. The van der Waals surface area contributed by atoms with Crippen LogP contribution in [0.15, 0.2) is 58.3 Å². The molecule has 1 atom stereocenters. The molecular weight excluding hydrogens is 418 g/mol. The molecule has 0 unspecified atom stereocenters. The van der Waals surface area contributed by atoms with Crippen LogP contribution in [-0.4, -0.2) is 25.7 Å². The van der Waals surface area contributed by atoms with E-state index in [4.69, 9.17) is 15.2 Å². The van der Waals surface area contributed by atoms with Crippen LogP contribution >= 0.6 is 15.9 Å². The summed E-state index contributed by atoms with van der Waals surface area (Å²) in [5.74, 6) is 1.69. The maximum atomic E-state index is 9.82. The fraction of sp³-hybridized carbons (Fsp3) is 0.227. The number of halogens is 1. The van der Waals surface area contributed by atoms with Crippen molar-refractivity contribution >= 4 is 21.6 Å². The van der Waals surface area contributed by atoms with Gasteiger partial charge >= 0.3 is 0 Å². The van der Waals surface area contributed by atoms with E-state index in [-0.39, 0.29) is 5.92 Å². The van der Waals surface area contributed by atoms with E-state index in [0.717, 1.165) is 33.5 Å². The first-order valence-corrected chi connectivity index (χ1v) is 9.77. The van der Waals surface area contributed by atoms with Crippen LogP contribution in [0.25, 0.3) is 5.70 Å². The van der Waals surface area contributed by atoms with Gasteiger partial charge in [0.1, 0.15) is 5.82 Å². The molecular formula is C22H20BrN3O2. The van der Waals surface area contributed by atoms with Gasteiger partial charge in [-0.3, -0.25) is 0 Å². The monoisotopic (exact) mass is 437 g/mol. The molecule has 0 saturated carbocycles. The molecule has 2 aromatic carbocycles. The number of nitriles is 1. The minimum Gasteiger partial charge on any atom is -0.493 e. The number of nitrogens with two attached hydrogens (primary N) is 1. The van der Waals surface area contributed by atoms with Crippen LogP contribution < -0.4 is 15.2 Å². The molecule has 142 valence electrons. The number of nitrogens with zero attached hydrogens (tertiary/aromatic N) is 2. The highest BCUT2D eigenvalue weighted by Gasteiger charge is 2.33. The predicted octanol–water partition coefficient (Wildman–Crippen LogP) is 4.16. The Morgan fingerprint density at radius 3 is 2.57 bits per heavy atom. The lowest BCUT2D eigenvalue weighted by Crippen LogP contribution is -2.36. The van der Waals surface area contributed by atoms with E-state index in [9.17, 15) is 5.26 Å². The van der Waals surface area contributed by atoms with Crippen LogP contribution in [0.3, 0.4) is 0 Å². The van der Waals surface area contributed by atoms with Gasteiger partial charge in [0.05, 0.1) is 25.9 Å². The topological polar surface area (TPSA) is 71.5 Å². The van der Waals surface area contributed by atoms with Crippen LogP contribution in [0, 0.1) is 11.3 Å². The maximum absolute atomic E-state index is 9.82. The Balaban J connectivity index is 1.91. The Hall–Kier alpha value is -2.91. The number of hydrogen-bond donors (Lipinski definition) is 1. The number of rotatable bonds is 3. The number of ether oxygens (including phenoxy) is 2. The molecule has 2 aliphatic rings.